The van der Waals surface area contributed by atoms with E-state index in [9.17, 15) is 27.5 Å². The van der Waals surface area contributed by atoms with E-state index in [2.05, 4.69) is 10.4 Å². The van der Waals surface area contributed by atoms with Gasteiger partial charge in [-0.3, -0.25) is 14.4 Å². The maximum Gasteiger partial charge on any atom is 0.416 e. The summed E-state index contributed by atoms with van der Waals surface area (Å²) in [6.45, 7) is 2.40. The van der Waals surface area contributed by atoms with Gasteiger partial charge in [0.2, 0.25) is 0 Å². The highest BCUT2D eigenvalue weighted by atomic mass is 19.4. The van der Waals surface area contributed by atoms with Crippen LogP contribution in [0.25, 0.3) is 11.3 Å². The second-order valence-corrected chi connectivity index (χ2v) is 7.79. The molecule has 3 aromatic rings. The van der Waals surface area contributed by atoms with Crippen LogP contribution in [-0.4, -0.2) is 38.6 Å². The third-order valence-corrected chi connectivity index (χ3v) is 5.54. The minimum Gasteiger partial charge on any atom is -0.365 e. The number of nitrogens with one attached hydrogen (secondary N) is 1. The average Bonchev–Trinajstić information content (AvgIpc) is 3.14. The molecule has 0 saturated carbocycles. The third kappa shape index (κ3) is 4.55. The molecular weight excluding hydrogens is 442 g/mol. The van der Waals surface area contributed by atoms with Crippen molar-refractivity contribution < 1.29 is 27.5 Å². The molecule has 0 saturated heterocycles. The van der Waals surface area contributed by atoms with E-state index in [0.717, 1.165) is 12.1 Å². The first-order valence-corrected chi connectivity index (χ1v) is 10.1. The largest absolute Gasteiger partial charge is 0.416 e. The van der Waals surface area contributed by atoms with Crippen molar-refractivity contribution in [1.82, 2.24) is 14.7 Å². The summed E-state index contributed by atoms with van der Waals surface area (Å²) in [5, 5.41) is 17.8. The second kappa shape index (κ2) is 8.49. The summed E-state index contributed by atoms with van der Waals surface area (Å²) in [5.41, 5.74) is 7.06. The van der Waals surface area contributed by atoms with Crippen molar-refractivity contribution in [1.29, 1.82) is 0 Å². The topological polar surface area (TPSA) is 96.4 Å². The number of aliphatic hydroxyl groups is 1. The molecule has 4 N–H and O–H groups in total. The maximum atomic E-state index is 13.7. The number of primary amides is 1. The summed E-state index contributed by atoms with van der Waals surface area (Å²) in [4.78, 5) is 13.9. The predicted molar refractivity (Wildman–Crippen MR) is 112 cm³/mol. The van der Waals surface area contributed by atoms with Crippen molar-refractivity contribution in [3.05, 3.63) is 70.7 Å². The number of nitrogens with zero attached hydrogens (tertiary/aromatic N) is 3. The van der Waals surface area contributed by atoms with Gasteiger partial charge in [0.05, 0.1) is 23.4 Å². The molecule has 1 aliphatic heterocycles. The van der Waals surface area contributed by atoms with Crippen LogP contribution in [-0.2, 0) is 19.3 Å². The molecule has 0 bridgehead atoms. The Morgan fingerprint density at radius 3 is 2.48 bits per heavy atom. The number of nitrogens with two attached hydrogens (primary N) is 1. The van der Waals surface area contributed by atoms with Crippen molar-refractivity contribution >= 4 is 11.6 Å². The van der Waals surface area contributed by atoms with E-state index in [-0.39, 0.29) is 17.9 Å². The van der Waals surface area contributed by atoms with Crippen molar-refractivity contribution in [2.45, 2.75) is 32.5 Å². The van der Waals surface area contributed by atoms with E-state index in [1.807, 2.05) is 0 Å². The average molecular weight is 463 g/mol. The van der Waals surface area contributed by atoms with Crippen LogP contribution >= 0.6 is 0 Å². The highest BCUT2D eigenvalue weighted by Gasteiger charge is 2.31. The number of alkyl halides is 3. The lowest BCUT2D eigenvalue weighted by atomic mass is 10.0. The number of carbonyl (C=O) groups excluding carboxylic acids is 1. The number of fused-ring (bicyclic) bond motifs is 1. The SMILES string of the molecule is Cc1cc(-c2nn3c(c2C(N)=O)CN(C(O)Nc2ccc(C(F)(F)F)cc2)CC3)ccc1F. The maximum absolute atomic E-state index is 13.7. The molecule has 1 amide bonds. The van der Waals surface area contributed by atoms with Crippen LogP contribution in [0.15, 0.2) is 42.5 Å². The minimum absolute atomic E-state index is 0.111. The van der Waals surface area contributed by atoms with Crippen molar-refractivity contribution in [2.75, 3.05) is 11.9 Å². The number of hydrogen-bond acceptors (Lipinski definition) is 5. The summed E-state index contributed by atoms with van der Waals surface area (Å²) in [6, 6.07) is 8.67. The fraction of sp³-hybridized carbons (Fsp3) is 0.273. The summed E-state index contributed by atoms with van der Waals surface area (Å²) in [5.74, 6) is -1.09. The van der Waals surface area contributed by atoms with Crippen LogP contribution < -0.4 is 11.1 Å². The molecule has 2 heterocycles. The zero-order valence-electron chi connectivity index (χ0n) is 17.5. The van der Waals surface area contributed by atoms with Gasteiger partial charge in [0, 0.05) is 24.3 Å². The fourth-order valence-corrected chi connectivity index (χ4v) is 3.79. The Kier molecular flexibility index (Phi) is 5.85. The molecular formula is C22H21F4N5O2. The number of rotatable bonds is 5. The highest BCUT2D eigenvalue weighted by Crippen LogP contribution is 2.31. The number of anilines is 1. The smallest absolute Gasteiger partial charge is 0.365 e. The number of carbonyl (C=O) groups is 1. The quantitative estimate of drug-likeness (QED) is 0.399. The molecule has 2 aromatic carbocycles. The molecule has 0 spiro atoms. The first-order valence-electron chi connectivity index (χ1n) is 10.1. The van der Waals surface area contributed by atoms with Crippen LogP contribution in [0.3, 0.4) is 0 Å². The van der Waals surface area contributed by atoms with Crippen LogP contribution in [0.4, 0.5) is 23.2 Å². The van der Waals surface area contributed by atoms with Gasteiger partial charge in [-0.25, -0.2) is 4.39 Å². The molecule has 0 aliphatic carbocycles. The van der Waals surface area contributed by atoms with E-state index in [0.29, 0.717) is 41.3 Å². The Morgan fingerprint density at radius 2 is 1.88 bits per heavy atom. The molecule has 7 nitrogen and oxygen atoms in total. The van der Waals surface area contributed by atoms with E-state index >= 15 is 0 Å². The van der Waals surface area contributed by atoms with Crippen LogP contribution in [0.5, 0.6) is 0 Å². The monoisotopic (exact) mass is 463 g/mol. The van der Waals surface area contributed by atoms with E-state index in [4.69, 9.17) is 5.73 Å². The van der Waals surface area contributed by atoms with Gasteiger partial charge in [0.15, 0.2) is 6.35 Å². The Labute approximate surface area is 186 Å². The number of aliphatic hydroxyl groups excluding tert-OH is 1. The van der Waals surface area contributed by atoms with Gasteiger partial charge in [-0.2, -0.15) is 18.3 Å². The lowest BCUT2D eigenvalue weighted by Gasteiger charge is -2.32. The Bertz CT molecular complexity index is 1190. The van der Waals surface area contributed by atoms with Crippen molar-refractivity contribution in [2.24, 2.45) is 5.73 Å². The minimum atomic E-state index is -4.45. The highest BCUT2D eigenvalue weighted by molar-refractivity contribution is 6.00. The Morgan fingerprint density at radius 1 is 1.18 bits per heavy atom. The molecule has 1 aliphatic rings. The van der Waals surface area contributed by atoms with Crippen LogP contribution in [0.1, 0.15) is 27.2 Å². The van der Waals surface area contributed by atoms with Gasteiger partial charge >= 0.3 is 6.18 Å². The molecule has 4 rings (SSSR count). The normalized spacial score (nSPS) is 15.2. The summed E-state index contributed by atoms with van der Waals surface area (Å²) >= 11 is 0. The van der Waals surface area contributed by atoms with Crippen molar-refractivity contribution in [3.8, 4) is 11.3 Å². The van der Waals surface area contributed by atoms with Gasteiger partial charge < -0.3 is 16.2 Å². The lowest BCUT2D eigenvalue weighted by Crippen LogP contribution is -2.45. The number of aryl methyl sites for hydroxylation is 1. The molecule has 1 unspecified atom stereocenters. The molecule has 11 heteroatoms. The number of hydrogen-bond donors (Lipinski definition) is 3. The fourth-order valence-electron chi connectivity index (χ4n) is 3.79. The predicted octanol–water partition coefficient (Wildman–Crippen LogP) is 3.32. The Hall–Kier alpha value is -3.44. The second-order valence-electron chi connectivity index (χ2n) is 7.79. The summed E-state index contributed by atoms with van der Waals surface area (Å²) in [7, 11) is 0. The standard InChI is InChI=1S/C22H21F4N5O2/c1-12-10-13(2-7-16(12)23)19-18(20(27)32)17-11-30(8-9-31(17)29-19)21(33)28-15-5-3-14(4-6-15)22(24,25)26/h2-7,10,21,28,33H,8-9,11H2,1H3,(H2,27,32). The molecule has 1 atom stereocenters. The molecule has 1 aromatic heterocycles. The number of aromatic nitrogens is 2. The summed E-state index contributed by atoms with van der Waals surface area (Å²) in [6.07, 6.45) is -5.68. The first-order chi connectivity index (χ1) is 15.5. The summed E-state index contributed by atoms with van der Waals surface area (Å²) < 4.78 is 53.5. The van der Waals surface area contributed by atoms with E-state index < -0.39 is 24.0 Å². The zero-order chi connectivity index (χ0) is 23.9. The van der Waals surface area contributed by atoms with E-state index in [1.54, 1.807) is 22.6 Å². The van der Waals surface area contributed by atoms with E-state index in [1.165, 1.54) is 24.3 Å². The lowest BCUT2D eigenvalue weighted by molar-refractivity contribution is -0.137. The van der Waals surface area contributed by atoms with Gasteiger partial charge in [-0.05, 0) is 55.0 Å². The molecule has 174 valence electrons. The molecule has 0 radical (unpaired) electrons. The molecule has 33 heavy (non-hydrogen) atoms. The van der Waals surface area contributed by atoms with Gasteiger partial charge in [-0.1, -0.05) is 0 Å². The number of benzene rings is 2. The molecule has 0 fully saturated rings. The Balaban J connectivity index is 1.57. The van der Waals surface area contributed by atoms with Crippen molar-refractivity contribution in [3.63, 3.8) is 0 Å². The third-order valence-electron chi connectivity index (χ3n) is 5.54. The number of amides is 1. The van der Waals surface area contributed by atoms with Crippen LogP contribution in [0, 0.1) is 12.7 Å². The van der Waals surface area contributed by atoms with Gasteiger partial charge in [-0.15, -0.1) is 0 Å². The van der Waals surface area contributed by atoms with Gasteiger partial charge in [0.25, 0.3) is 5.91 Å². The van der Waals surface area contributed by atoms with Crippen LogP contribution in [0.2, 0.25) is 0 Å². The van der Waals surface area contributed by atoms with Gasteiger partial charge in [0.1, 0.15) is 11.5 Å². The number of halogens is 4. The zero-order valence-corrected chi connectivity index (χ0v) is 17.5. The first kappa shape index (κ1) is 22.7.